The Kier molecular flexibility index (Phi) is 5.98. The van der Waals surface area contributed by atoms with Crippen molar-refractivity contribution < 1.29 is 24.1 Å². The minimum atomic E-state index is -1.22. The first-order valence-electron chi connectivity index (χ1n) is 14.5. The lowest BCUT2D eigenvalue weighted by Gasteiger charge is -2.70. The number of Topliss-reactive ketones (excluding diaryl/α,β-unsaturated/α-hetero) is 1. The summed E-state index contributed by atoms with van der Waals surface area (Å²) in [5.74, 6) is 0.201. The molecule has 1 unspecified atom stereocenters. The Morgan fingerprint density at radius 2 is 1.51 bits per heavy atom. The van der Waals surface area contributed by atoms with Crippen molar-refractivity contribution in [1.82, 2.24) is 0 Å². The zero-order valence-electron chi connectivity index (χ0n) is 23.5. The number of ether oxygens (including phenoxy) is 3. The molecular weight excluding hydrogens is 440 g/mol. The molecule has 2 saturated carbocycles. The van der Waals surface area contributed by atoms with E-state index in [1.807, 2.05) is 27.7 Å². The van der Waals surface area contributed by atoms with E-state index in [0.29, 0.717) is 30.5 Å². The second-order valence-electron chi connectivity index (χ2n) is 14.3. The Morgan fingerprint density at radius 3 is 2.17 bits per heavy atom. The number of rotatable bonds is 7. The highest BCUT2D eigenvalue weighted by molar-refractivity contribution is 5.80. The number of hydrogen-bond donors (Lipinski definition) is 1. The van der Waals surface area contributed by atoms with Crippen LogP contribution in [0.1, 0.15) is 120 Å². The lowest BCUT2D eigenvalue weighted by atomic mass is 9.48. The van der Waals surface area contributed by atoms with E-state index in [1.54, 1.807) is 0 Å². The molecule has 200 valence electrons. The Labute approximate surface area is 213 Å². The third kappa shape index (κ3) is 3.29. The van der Waals surface area contributed by atoms with Gasteiger partial charge in [0.25, 0.3) is 0 Å². The molecule has 1 N–H and O–H groups in total. The topological polar surface area (TPSA) is 65.0 Å². The van der Waals surface area contributed by atoms with Gasteiger partial charge in [0.1, 0.15) is 17.0 Å². The van der Waals surface area contributed by atoms with E-state index >= 15 is 0 Å². The van der Waals surface area contributed by atoms with Gasteiger partial charge in [-0.25, -0.2) is 0 Å². The van der Waals surface area contributed by atoms with Crippen LogP contribution in [-0.2, 0) is 19.0 Å². The molecule has 5 nitrogen and oxygen atoms in total. The van der Waals surface area contributed by atoms with E-state index in [4.69, 9.17) is 14.2 Å². The van der Waals surface area contributed by atoms with Gasteiger partial charge in [-0.1, -0.05) is 41.5 Å². The molecule has 0 radical (unpaired) electrons. The van der Waals surface area contributed by atoms with Crippen molar-refractivity contribution in [1.29, 1.82) is 0 Å². The molecule has 4 heterocycles. The van der Waals surface area contributed by atoms with Crippen molar-refractivity contribution in [3.63, 3.8) is 0 Å². The molecule has 9 atom stereocenters. The van der Waals surface area contributed by atoms with Gasteiger partial charge in [0.15, 0.2) is 5.79 Å². The van der Waals surface area contributed by atoms with Crippen LogP contribution in [0.5, 0.6) is 0 Å². The van der Waals surface area contributed by atoms with Gasteiger partial charge < -0.3 is 19.3 Å². The van der Waals surface area contributed by atoms with Gasteiger partial charge in [0, 0.05) is 29.6 Å². The monoisotopic (exact) mass is 490 g/mol. The fourth-order valence-corrected chi connectivity index (χ4v) is 9.11. The van der Waals surface area contributed by atoms with Crippen molar-refractivity contribution in [2.75, 3.05) is 0 Å². The number of carbonyl (C=O) groups is 1. The molecule has 6 aliphatic rings. The fourth-order valence-electron chi connectivity index (χ4n) is 9.11. The van der Waals surface area contributed by atoms with E-state index in [9.17, 15) is 9.90 Å². The fraction of sp³-hybridized carbons (Fsp3) is 0.967. The van der Waals surface area contributed by atoms with Crippen molar-refractivity contribution in [2.24, 2.45) is 28.6 Å². The number of ketones is 1. The zero-order valence-corrected chi connectivity index (χ0v) is 23.5. The zero-order chi connectivity index (χ0) is 25.7. The SMILES string of the molecule is CC(C)C(=O)CC[C@@]1(C)[C@H]2CC[C@H](C)[C@]1(CC[C@@]1(C)[C@@H](C)CC[C@@H]3OC(C)(C)[C@@]4(O)CCC31O4)O2. The molecule has 2 aliphatic carbocycles. The molecule has 0 aromatic carbocycles. The summed E-state index contributed by atoms with van der Waals surface area (Å²) in [5, 5.41) is 11.5. The average molecular weight is 491 g/mol. The third-order valence-electron chi connectivity index (χ3n) is 12.2. The van der Waals surface area contributed by atoms with Crippen LogP contribution in [-0.4, -0.2) is 45.7 Å². The molecule has 4 aliphatic heterocycles. The van der Waals surface area contributed by atoms with Gasteiger partial charge in [0.2, 0.25) is 0 Å². The summed E-state index contributed by atoms with van der Waals surface area (Å²) in [4.78, 5) is 12.6. The molecule has 4 bridgehead atoms. The summed E-state index contributed by atoms with van der Waals surface area (Å²) < 4.78 is 20.2. The van der Waals surface area contributed by atoms with Gasteiger partial charge in [-0.05, 0) is 77.0 Å². The lowest BCUT2D eigenvalue weighted by Crippen LogP contribution is -2.74. The maximum atomic E-state index is 12.6. The van der Waals surface area contributed by atoms with Crippen LogP contribution in [0.2, 0.25) is 0 Å². The highest BCUT2D eigenvalue weighted by Crippen LogP contribution is 2.68. The maximum absolute atomic E-state index is 12.6. The molecule has 4 saturated heterocycles. The van der Waals surface area contributed by atoms with Crippen LogP contribution in [0, 0.1) is 28.6 Å². The van der Waals surface area contributed by atoms with Crippen molar-refractivity contribution in [3.05, 3.63) is 0 Å². The first-order chi connectivity index (χ1) is 16.2. The molecule has 6 rings (SSSR count). The molecule has 0 aromatic rings. The van der Waals surface area contributed by atoms with Gasteiger partial charge in [0.05, 0.1) is 17.8 Å². The standard InChI is InChI=1S/C30H50O5/c1-19(2)22(31)13-14-27(8)23-11-10-21(4)28(27,34-23)16-15-26(7)20(3)9-12-24-29(26)17-18-30(32,35-29)25(5,6)33-24/h19-21,23-24,32H,9-18H2,1-8H3/t20-,21-,23+,24-,26-,27-,28-,29?,30+/m0/s1. The van der Waals surface area contributed by atoms with Crippen LogP contribution < -0.4 is 0 Å². The quantitative estimate of drug-likeness (QED) is 0.460. The molecular formula is C30H50O5. The molecule has 0 amide bonds. The van der Waals surface area contributed by atoms with Gasteiger partial charge in [-0.3, -0.25) is 4.79 Å². The normalized spacial score (nSPS) is 52.2. The second-order valence-corrected chi connectivity index (χ2v) is 14.3. The highest BCUT2D eigenvalue weighted by atomic mass is 16.7. The predicted molar refractivity (Wildman–Crippen MR) is 136 cm³/mol. The third-order valence-corrected chi connectivity index (χ3v) is 12.2. The van der Waals surface area contributed by atoms with Crippen LogP contribution in [0.25, 0.3) is 0 Å². The summed E-state index contributed by atoms with van der Waals surface area (Å²) in [6.07, 6.45) is 9.75. The molecule has 35 heavy (non-hydrogen) atoms. The first-order valence-corrected chi connectivity index (χ1v) is 14.5. The van der Waals surface area contributed by atoms with Crippen LogP contribution in [0.4, 0.5) is 0 Å². The Balaban J connectivity index is 1.41. The Bertz CT molecular complexity index is 869. The molecule has 1 spiro atoms. The Hall–Kier alpha value is -0.490. The Morgan fingerprint density at radius 1 is 0.857 bits per heavy atom. The minimum Gasteiger partial charge on any atom is -0.370 e. The second kappa shape index (κ2) is 8.01. The number of fused-ring (bicyclic) bond motifs is 3. The van der Waals surface area contributed by atoms with Crippen molar-refractivity contribution in [3.8, 4) is 0 Å². The largest absolute Gasteiger partial charge is 0.370 e. The summed E-state index contributed by atoms with van der Waals surface area (Å²) in [7, 11) is 0. The molecule has 6 fully saturated rings. The van der Waals surface area contributed by atoms with Crippen molar-refractivity contribution >= 4 is 5.78 Å². The van der Waals surface area contributed by atoms with Crippen LogP contribution >= 0.6 is 0 Å². The average Bonchev–Trinajstić information content (AvgIpc) is 3.14. The van der Waals surface area contributed by atoms with E-state index < -0.39 is 17.0 Å². The summed E-state index contributed by atoms with van der Waals surface area (Å²) in [6, 6.07) is 0. The van der Waals surface area contributed by atoms with E-state index in [0.717, 1.165) is 44.9 Å². The molecule has 5 heteroatoms. The van der Waals surface area contributed by atoms with E-state index in [2.05, 4.69) is 27.7 Å². The van der Waals surface area contributed by atoms with Crippen LogP contribution in [0.3, 0.4) is 0 Å². The van der Waals surface area contributed by atoms with Gasteiger partial charge in [-0.15, -0.1) is 0 Å². The van der Waals surface area contributed by atoms with Crippen molar-refractivity contribution in [2.45, 2.75) is 154 Å². The van der Waals surface area contributed by atoms with E-state index in [1.165, 1.54) is 6.42 Å². The minimum absolute atomic E-state index is 0.0212. The van der Waals surface area contributed by atoms with E-state index in [-0.39, 0.29) is 34.6 Å². The smallest absolute Gasteiger partial charge is 0.195 e. The molecule has 0 aromatic heterocycles. The summed E-state index contributed by atoms with van der Waals surface area (Å²) >= 11 is 0. The number of carbonyl (C=O) groups excluding carboxylic acids is 1. The van der Waals surface area contributed by atoms with Crippen LogP contribution in [0.15, 0.2) is 0 Å². The maximum Gasteiger partial charge on any atom is 0.195 e. The summed E-state index contributed by atoms with van der Waals surface area (Å²) in [5.41, 5.74) is -1.38. The highest BCUT2D eigenvalue weighted by Gasteiger charge is 2.74. The number of aliphatic hydroxyl groups is 1. The van der Waals surface area contributed by atoms with Gasteiger partial charge in [-0.2, -0.15) is 0 Å². The lowest BCUT2D eigenvalue weighted by molar-refractivity contribution is -0.412. The van der Waals surface area contributed by atoms with Gasteiger partial charge >= 0.3 is 0 Å². The summed E-state index contributed by atoms with van der Waals surface area (Å²) in [6.45, 7) is 17.5. The predicted octanol–water partition coefficient (Wildman–Crippen LogP) is 6.20. The first kappa shape index (κ1) is 26.1. The number of hydrogen-bond acceptors (Lipinski definition) is 5.